The minimum atomic E-state index is -1.63. The van der Waals surface area contributed by atoms with Crippen LogP contribution in [0.15, 0.2) is 10.5 Å². The molecule has 18 heavy (non-hydrogen) atoms. The van der Waals surface area contributed by atoms with E-state index in [-0.39, 0.29) is 11.3 Å². The van der Waals surface area contributed by atoms with Gasteiger partial charge in [-0.05, 0) is 34.0 Å². The zero-order valence-electron chi connectivity index (χ0n) is 10.4. The number of carboxylic acid groups (broad SMARTS) is 1. The number of hydrogen-bond acceptors (Lipinski definition) is 4. The van der Waals surface area contributed by atoms with Gasteiger partial charge in [-0.1, -0.05) is 6.92 Å². The number of ether oxygens (including phenoxy) is 2. The van der Waals surface area contributed by atoms with E-state index in [4.69, 9.17) is 14.6 Å². The number of aliphatic hydroxyl groups excluding tert-OH is 1. The molecular weight excluding hydrogens is 304 g/mol. The molecule has 1 aromatic carbocycles. The van der Waals surface area contributed by atoms with Crippen LogP contribution < -0.4 is 9.47 Å². The predicted molar refractivity (Wildman–Crippen MR) is 69.2 cm³/mol. The Kier molecular flexibility index (Phi) is 4.98. The maximum atomic E-state index is 10.9. The molecule has 0 bridgehead atoms. The molecule has 1 atom stereocenters. The summed E-state index contributed by atoms with van der Waals surface area (Å²) >= 11 is 3.31. The summed E-state index contributed by atoms with van der Waals surface area (Å²) in [5.41, 5.74) is 0.995. The smallest absolute Gasteiger partial charge is 0.337 e. The van der Waals surface area contributed by atoms with Crippen LogP contribution in [0.4, 0.5) is 0 Å². The van der Waals surface area contributed by atoms with Gasteiger partial charge in [0.2, 0.25) is 0 Å². The zero-order chi connectivity index (χ0) is 13.9. The van der Waals surface area contributed by atoms with E-state index < -0.39 is 12.1 Å². The van der Waals surface area contributed by atoms with E-state index in [9.17, 15) is 9.90 Å². The van der Waals surface area contributed by atoms with Gasteiger partial charge in [-0.25, -0.2) is 4.79 Å². The Morgan fingerprint density at radius 1 is 1.39 bits per heavy atom. The molecule has 0 radical (unpaired) electrons. The number of aryl methyl sites for hydroxylation is 1. The van der Waals surface area contributed by atoms with Crippen LogP contribution in [-0.2, 0) is 11.2 Å². The third-order valence-corrected chi connectivity index (χ3v) is 3.32. The fourth-order valence-electron chi connectivity index (χ4n) is 1.72. The van der Waals surface area contributed by atoms with Crippen molar-refractivity contribution in [2.24, 2.45) is 0 Å². The first kappa shape index (κ1) is 14.8. The second-order valence-corrected chi connectivity index (χ2v) is 4.39. The van der Waals surface area contributed by atoms with Crippen molar-refractivity contribution in [3.05, 3.63) is 21.7 Å². The van der Waals surface area contributed by atoms with Crippen molar-refractivity contribution in [3.63, 3.8) is 0 Å². The molecule has 2 N–H and O–H groups in total. The summed E-state index contributed by atoms with van der Waals surface area (Å²) in [4.78, 5) is 10.9. The number of aliphatic hydroxyl groups is 1. The van der Waals surface area contributed by atoms with Gasteiger partial charge in [0.1, 0.15) is 16.0 Å². The Labute approximate surface area is 113 Å². The van der Waals surface area contributed by atoms with Crippen molar-refractivity contribution in [2.45, 2.75) is 19.4 Å². The molecule has 0 aromatic heterocycles. The molecule has 6 heteroatoms. The minimum Gasteiger partial charge on any atom is -0.495 e. The largest absolute Gasteiger partial charge is 0.495 e. The third kappa shape index (κ3) is 2.59. The first-order chi connectivity index (χ1) is 8.47. The van der Waals surface area contributed by atoms with Gasteiger partial charge >= 0.3 is 5.97 Å². The average Bonchev–Trinajstić information content (AvgIpc) is 2.36. The second-order valence-electron chi connectivity index (χ2n) is 3.60. The standard InChI is InChI=1S/C12H15BrO5/c1-4-6-5-7(9(14)12(15)16)11(18-3)8(13)10(6)17-2/h5,9,14H,4H2,1-3H3,(H,15,16). The summed E-state index contributed by atoms with van der Waals surface area (Å²) in [5.74, 6) is -0.484. The fraction of sp³-hybridized carbons (Fsp3) is 0.417. The maximum absolute atomic E-state index is 10.9. The summed E-state index contributed by atoms with van der Waals surface area (Å²) in [6.07, 6.45) is -0.988. The summed E-state index contributed by atoms with van der Waals surface area (Å²) in [7, 11) is 2.93. The fourth-order valence-corrected chi connectivity index (χ4v) is 2.52. The SMILES string of the molecule is CCc1cc(C(O)C(=O)O)c(OC)c(Br)c1OC. The van der Waals surface area contributed by atoms with Crippen LogP contribution in [0.3, 0.4) is 0 Å². The molecule has 0 heterocycles. The lowest BCUT2D eigenvalue weighted by Gasteiger charge is -2.18. The Morgan fingerprint density at radius 2 is 1.94 bits per heavy atom. The van der Waals surface area contributed by atoms with Gasteiger partial charge in [0.25, 0.3) is 0 Å². The van der Waals surface area contributed by atoms with E-state index in [1.807, 2.05) is 6.92 Å². The first-order valence-corrected chi connectivity index (χ1v) is 6.11. The topological polar surface area (TPSA) is 76.0 Å². The van der Waals surface area contributed by atoms with E-state index in [1.165, 1.54) is 14.2 Å². The molecule has 1 unspecified atom stereocenters. The van der Waals surface area contributed by atoms with E-state index in [0.29, 0.717) is 16.6 Å². The molecule has 0 saturated carbocycles. The molecular formula is C12H15BrO5. The molecule has 1 aromatic rings. The van der Waals surface area contributed by atoms with Gasteiger partial charge in [-0.2, -0.15) is 0 Å². The molecule has 0 fully saturated rings. The number of carboxylic acids is 1. The molecule has 0 aliphatic carbocycles. The Hall–Kier alpha value is -1.27. The summed E-state index contributed by atoms with van der Waals surface area (Å²) in [5, 5.41) is 18.6. The van der Waals surface area contributed by atoms with Crippen LogP contribution in [0.1, 0.15) is 24.2 Å². The normalized spacial score (nSPS) is 12.1. The number of carbonyl (C=O) groups is 1. The Balaban J connectivity index is 3.51. The Morgan fingerprint density at radius 3 is 2.33 bits per heavy atom. The van der Waals surface area contributed by atoms with Crippen molar-refractivity contribution in [1.29, 1.82) is 0 Å². The number of methoxy groups -OCH3 is 2. The van der Waals surface area contributed by atoms with E-state index >= 15 is 0 Å². The monoisotopic (exact) mass is 318 g/mol. The van der Waals surface area contributed by atoms with Crippen molar-refractivity contribution in [3.8, 4) is 11.5 Å². The van der Waals surface area contributed by atoms with Crippen LogP contribution in [0.25, 0.3) is 0 Å². The maximum Gasteiger partial charge on any atom is 0.337 e. The van der Waals surface area contributed by atoms with Crippen molar-refractivity contribution < 1.29 is 24.5 Å². The average molecular weight is 319 g/mol. The highest BCUT2D eigenvalue weighted by Gasteiger charge is 2.25. The molecule has 100 valence electrons. The first-order valence-electron chi connectivity index (χ1n) is 5.32. The molecule has 1 rings (SSSR count). The highest BCUT2D eigenvalue weighted by molar-refractivity contribution is 9.10. The Bertz CT molecular complexity index is 458. The van der Waals surface area contributed by atoms with Crippen molar-refractivity contribution >= 4 is 21.9 Å². The molecule has 0 amide bonds. The van der Waals surface area contributed by atoms with Crippen LogP contribution in [0.2, 0.25) is 0 Å². The van der Waals surface area contributed by atoms with Crippen molar-refractivity contribution in [1.82, 2.24) is 0 Å². The molecule has 0 aliphatic rings. The van der Waals surface area contributed by atoms with Crippen molar-refractivity contribution in [2.75, 3.05) is 14.2 Å². The molecule has 0 aliphatic heterocycles. The second kappa shape index (κ2) is 6.06. The quantitative estimate of drug-likeness (QED) is 0.870. The molecule has 5 nitrogen and oxygen atoms in total. The number of halogens is 1. The van der Waals surface area contributed by atoms with Crippen LogP contribution >= 0.6 is 15.9 Å². The van der Waals surface area contributed by atoms with Gasteiger partial charge in [-0.3, -0.25) is 0 Å². The zero-order valence-corrected chi connectivity index (χ0v) is 11.9. The lowest BCUT2D eigenvalue weighted by atomic mass is 10.0. The van der Waals surface area contributed by atoms with Crippen LogP contribution in [0.5, 0.6) is 11.5 Å². The highest BCUT2D eigenvalue weighted by atomic mass is 79.9. The number of hydrogen-bond donors (Lipinski definition) is 2. The predicted octanol–water partition coefficient (Wildman–Crippen LogP) is 2.15. The van der Waals surface area contributed by atoms with E-state index in [2.05, 4.69) is 15.9 Å². The van der Waals surface area contributed by atoms with Gasteiger partial charge in [0, 0.05) is 5.56 Å². The van der Waals surface area contributed by atoms with Crippen LogP contribution in [-0.4, -0.2) is 30.4 Å². The highest BCUT2D eigenvalue weighted by Crippen LogP contribution is 2.42. The molecule has 0 spiro atoms. The summed E-state index contributed by atoms with van der Waals surface area (Å²) in [6, 6.07) is 1.58. The van der Waals surface area contributed by atoms with Gasteiger partial charge in [0.05, 0.1) is 14.2 Å². The minimum absolute atomic E-state index is 0.203. The number of rotatable bonds is 5. The van der Waals surface area contributed by atoms with E-state index in [0.717, 1.165) is 5.56 Å². The van der Waals surface area contributed by atoms with E-state index in [1.54, 1.807) is 6.07 Å². The van der Waals surface area contributed by atoms with Gasteiger partial charge < -0.3 is 19.7 Å². The van der Waals surface area contributed by atoms with Crippen LogP contribution in [0, 0.1) is 0 Å². The number of aliphatic carboxylic acids is 1. The lowest BCUT2D eigenvalue weighted by Crippen LogP contribution is -2.13. The summed E-state index contributed by atoms with van der Waals surface area (Å²) in [6.45, 7) is 1.91. The molecule has 0 saturated heterocycles. The third-order valence-electron chi connectivity index (χ3n) is 2.60. The van der Waals surface area contributed by atoms with Gasteiger partial charge in [0.15, 0.2) is 6.10 Å². The van der Waals surface area contributed by atoms with Gasteiger partial charge in [-0.15, -0.1) is 0 Å². The number of benzene rings is 1. The summed E-state index contributed by atoms with van der Waals surface area (Å²) < 4.78 is 10.9. The lowest BCUT2D eigenvalue weighted by molar-refractivity contribution is -0.147.